The van der Waals surface area contributed by atoms with Crippen LogP contribution in [0.25, 0.3) is 0 Å². The number of benzene rings is 1. The van der Waals surface area contributed by atoms with Crippen molar-refractivity contribution in [1.82, 2.24) is 0 Å². The lowest BCUT2D eigenvalue weighted by Gasteiger charge is -2.12. The molecular weight excluding hydrogens is 238 g/mol. The van der Waals surface area contributed by atoms with Crippen molar-refractivity contribution in [2.75, 3.05) is 0 Å². The number of hydrogen-bond acceptors (Lipinski definition) is 1. The van der Waals surface area contributed by atoms with Crippen LogP contribution in [0.3, 0.4) is 0 Å². The molecule has 1 unspecified atom stereocenters. The molecule has 5 heteroatoms. The molecule has 0 spiro atoms. The van der Waals surface area contributed by atoms with Gasteiger partial charge in [-0.15, -0.1) is 0 Å². The fraction of sp³-hybridized carbons (Fsp3) is 0.364. The van der Waals surface area contributed by atoms with Crippen LogP contribution in [0.5, 0.6) is 0 Å². The zero-order valence-corrected chi connectivity index (χ0v) is 9.12. The van der Waals surface area contributed by atoms with E-state index in [1.54, 1.807) is 24.3 Å². The van der Waals surface area contributed by atoms with Crippen molar-refractivity contribution in [2.24, 2.45) is 5.92 Å². The molecule has 1 N–H and O–H groups in total. The van der Waals surface area contributed by atoms with Crippen molar-refractivity contribution in [3.8, 4) is 0 Å². The minimum atomic E-state index is -2.62. The van der Waals surface area contributed by atoms with E-state index in [0.29, 0.717) is 10.6 Å². The third-order valence-corrected chi connectivity index (χ3v) is 2.60. The van der Waals surface area contributed by atoms with Gasteiger partial charge in [0.15, 0.2) is 0 Å². The number of hydrogen-bond donors (Lipinski definition) is 1. The first-order chi connectivity index (χ1) is 7.50. The second kappa shape index (κ2) is 5.80. The molecule has 0 saturated heterocycles. The van der Waals surface area contributed by atoms with Crippen LogP contribution in [0, 0.1) is 5.92 Å². The van der Waals surface area contributed by atoms with Gasteiger partial charge in [-0.2, -0.15) is 0 Å². The van der Waals surface area contributed by atoms with Gasteiger partial charge in [0.1, 0.15) is 0 Å². The van der Waals surface area contributed by atoms with E-state index in [2.05, 4.69) is 0 Å². The van der Waals surface area contributed by atoms with Crippen LogP contribution in [0.4, 0.5) is 8.78 Å². The van der Waals surface area contributed by atoms with E-state index in [-0.39, 0.29) is 6.42 Å². The molecule has 0 aliphatic rings. The lowest BCUT2D eigenvalue weighted by Crippen LogP contribution is -2.19. The highest BCUT2D eigenvalue weighted by Crippen LogP contribution is 2.22. The quantitative estimate of drug-likeness (QED) is 0.869. The third kappa shape index (κ3) is 3.77. The molecule has 0 saturated carbocycles. The molecule has 1 rings (SSSR count). The molecule has 0 aliphatic carbocycles. The van der Waals surface area contributed by atoms with Crippen LogP contribution in [-0.4, -0.2) is 17.5 Å². The maximum absolute atomic E-state index is 12.2. The topological polar surface area (TPSA) is 37.3 Å². The molecule has 0 fully saturated rings. The number of halogens is 3. The Balaban J connectivity index is 2.76. The molecule has 1 aromatic carbocycles. The second-order valence-corrected chi connectivity index (χ2v) is 3.86. The summed E-state index contributed by atoms with van der Waals surface area (Å²) in [6.07, 6.45) is -3.25. The zero-order chi connectivity index (χ0) is 12.1. The van der Waals surface area contributed by atoms with Gasteiger partial charge in [-0.05, 0) is 18.1 Å². The molecule has 2 nitrogen and oxygen atoms in total. The SMILES string of the molecule is O=C(O)C(Cc1ccccc1Cl)CC(F)F. The average Bonchev–Trinajstić information content (AvgIpc) is 2.19. The highest BCUT2D eigenvalue weighted by atomic mass is 35.5. The van der Waals surface area contributed by atoms with Crippen LogP contribution in [-0.2, 0) is 11.2 Å². The highest BCUT2D eigenvalue weighted by Gasteiger charge is 2.23. The molecule has 0 bridgehead atoms. The maximum Gasteiger partial charge on any atom is 0.307 e. The van der Waals surface area contributed by atoms with E-state index in [9.17, 15) is 13.6 Å². The highest BCUT2D eigenvalue weighted by molar-refractivity contribution is 6.31. The van der Waals surface area contributed by atoms with Gasteiger partial charge >= 0.3 is 5.97 Å². The van der Waals surface area contributed by atoms with Crippen molar-refractivity contribution >= 4 is 17.6 Å². The van der Waals surface area contributed by atoms with E-state index < -0.39 is 24.7 Å². The Morgan fingerprint density at radius 1 is 1.38 bits per heavy atom. The molecule has 0 aliphatic heterocycles. The predicted octanol–water partition coefficient (Wildman–Crippen LogP) is 3.24. The largest absolute Gasteiger partial charge is 0.481 e. The minimum absolute atomic E-state index is 0.0271. The molecule has 1 aromatic rings. The summed E-state index contributed by atoms with van der Waals surface area (Å²) in [6.45, 7) is 0. The molecule has 1 atom stereocenters. The molecule has 0 radical (unpaired) electrons. The number of aliphatic carboxylic acids is 1. The minimum Gasteiger partial charge on any atom is -0.481 e. The van der Waals surface area contributed by atoms with Gasteiger partial charge in [-0.1, -0.05) is 29.8 Å². The summed E-state index contributed by atoms with van der Waals surface area (Å²) in [5.74, 6) is -2.32. The van der Waals surface area contributed by atoms with Crippen LogP contribution < -0.4 is 0 Å². The van der Waals surface area contributed by atoms with Crippen LogP contribution >= 0.6 is 11.6 Å². The van der Waals surface area contributed by atoms with Crippen LogP contribution in [0.1, 0.15) is 12.0 Å². The zero-order valence-electron chi connectivity index (χ0n) is 8.37. The third-order valence-electron chi connectivity index (χ3n) is 2.24. The fourth-order valence-electron chi connectivity index (χ4n) is 1.42. The second-order valence-electron chi connectivity index (χ2n) is 3.46. The van der Waals surface area contributed by atoms with Gasteiger partial charge in [0.2, 0.25) is 6.43 Å². The number of alkyl halides is 2. The van der Waals surface area contributed by atoms with Crippen molar-refractivity contribution in [3.05, 3.63) is 34.9 Å². The summed E-state index contributed by atoms with van der Waals surface area (Å²) in [4.78, 5) is 10.8. The van der Waals surface area contributed by atoms with Crippen molar-refractivity contribution in [3.63, 3.8) is 0 Å². The van der Waals surface area contributed by atoms with E-state index in [0.717, 1.165) is 0 Å². The van der Waals surface area contributed by atoms with Gasteiger partial charge in [-0.25, -0.2) is 8.78 Å². The smallest absolute Gasteiger partial charge is 0.307 e. The lowest BCUT2D eigenvalue weighted by molar-refractivity contribution is -0.143. The first kappa shape index (κ1) is 12.9. The molecule has 16 heavy (non-hydrogen) atoms. The maximum atomic E-state index is 12.2. The fourth-order valence-corrected chi connectivity index (χ4v) is 1.63. The van der Waals surface area contributed by atoms with Crippen LogP contribution in [0.15, 0.2) is 24.3 Å². The van der Waals surface area contributed by atoms with Crippen molar-refractivity contribution in [2.45, 2.75) is 19.3 Å². The number of rotatable bonds is 5. The summed E-state index contributed by atoms with van der Waals surface area (Å²) < 4.78 is 24.3. The summed E-state index contributed by atoms with van der Waals surface area (Å²) in [6, 6.07) is 6.65. The summed E-state index contributed by atoms with van der Waals surface area (Å²) in [5, 5.41) is 9.20. The number of carboxylic acid groups (broad SMARTS) is 1. The van der Waals surface area contributed by atoms with E-state index >= 15 is 0 Å². The van der Waals surface area contributed by atoms with Gasteiger partial charge < -0.3 is 5.11 Å². The Kier molecular flexibility index (Phi) is 4.68. The Bertz CT molecular complexity index is 369. The first-order valence-corrected chi connectivity index (χ1v) is 5.13. The summed E-state index contributed by atoms with van der Waals surface area (Å²) in [5.41, 5.74) is 0.581. The Hall–Kier alpha value is -1.16. The first-order valence-electron chi connectivity index (χ1n) is 4.75. The van der Waals surface area contributed by atoms with Gasteiger partial charge in [0, 0.05) is 11.4 Å². The Morgan fingerprint density at radius 2 is 2.00 bits per heavy atom. The van der Waals surface area contributed by atoms with E-state index in [4.69, 9.17) is 16.7 Å². The van der Waals surface area contributed by atoms with E-state index in [1.165, 1.54) is 0 Å². The Labute approximate surface area is 96.8 Å². The molecule has 0 amide bonds. The normalized spacial score (nSPS) is 12.8. The standard InChI is InChI=1S/C11H11ClF2O2/c12-9-4-2-1-3-7(9)5-8(11(15)16)6-10(13)14/h1-4,8,10H,5-6H2,(H,15,16). The molecule has 0 aromatic heterocycles. The lowest BCUT2D eigenvalue weighted by atomic mass is 9.96. The monoisotopic (exact) mass is 248 g/mol. The summed E-state index contributed by atoms with van der Waals surface area (Å²) in [7, 11) is 0. The summed E-state index contributed by atoms with van der Waals surface area (Å²) >= 11 is 5.83. The molecule has 88 valence electrons. The van der Waals surface area contributed by atoms with Gasteiger partial charge in [0.05, 0.1) is 5.92 Å². The van der Waals surface area contributed by atoms with Crippen LogP contribution in [0.2, 0.25) is 5.02 Å². The molecular formula is C11H11ClF2O2. The Morgan fingerprint density at radius 3 is 2.50 bits per heavy atom. The van der Waals surface area contributed by atoms with Crippen molar-refractivity contribution < 1.29 is 18.7 Å². The average molecular weight is 249 g/mol. The molecule has 0 heterocycles. The van der Waals surface area contributed by atoms with Gasteiger partial charge in [-0.3, -0.25) is 4.79 Å². The number of carbonyl (C=O) groups is 1. The predicted molar refractivity (Wildman–Crippen MR) is 56.9 cm³/mol. The van der Waals surface area contributed by atoms with Gasteiger partial charge in [0.25, 0.3) is 0 Å². The van der Waals surface area contributed by atoms with Crippen molar-refractivity contribution in [1.29, 1.82) is 0 Å². The van der Waals surface area contributed by atoms with E-state index in [1.807, 2.05) is 0 Å². The number of carboxylic acids is 1.